The SMILES string of the molecule is CCCOc1cccc(-c2cncc(C(=O)N(C)C)n2)c1. The van der Waals surface area contributed by atoms with E-state index in [0.29, 0.717) is 18.0 Å². The van der Waals surface area contributed by atoms with Crippen molar-refractivity contribution in [2.24, 2.45) is 0 Å². The molecule has 110 valence electrons. The summed E-state index contributed by atoms with van der Waals surface area (Å²) in [5.41, 5.74) is 1.87. The van der Waals surface area contributed by atoms with Crippen LogP contribution in [0.15, 0.2) is 36.7 Å². The van der Waals surface area contributed by atoms with Crippen molar-refractivity contribution < 1.29 is 9.53 Å². The van der Waals surface area contributed by atoms with Crippen molar-refractivity contribution in [3.8, 4) is 17.0 Å². The van der Waals surface area contributed by atoms with Crippen molar-refractivity contribution in [1.29, 1.82) is 0 Å². The number of ether oxygens (including phenoxy) is 1. The van der Waals surface area contributed by atoms with E-state index in [9.17, 15) is 4.79 Å². The molecule has 1 aromatic carbocycles. The highest BCUT2D eigenvalue weighted by Gasteiger charge is 2.11. The molecule has 1 amide bonds. The standard InChI is InChI=1S/C16H19N3O2/c1-4-8-21-13-7-5-6-12(9-13)14-10-17-11-15(18-14)16(20)19(2)3/h5-7,9-11H,4,8H2,1-3H3. The number of nitrogens with zero attached hydrogens (tertiary/aromatic N) is 3. The Morgan fingerprint density at radius 3 is 2.81 bits per heavy atom. The quantitative estimate of drug-likeness (QED) is 0.847. The third-order valence-corrected chi connectivity index (χ3v) is 2.86. The van der Waals surface area contributed by atoms with Gasteiger partial charge in [0.2, 0.25) is 0 Å². The van der Waals surface area contributed by atoms with Gasteiger partial charge in [-0.2, -0.15) is 0 Å². The minimum atomic E-state index is -0.164. The summed E-state index contributed by atoms with van der Waals surface area (Å²) in [6, 6.07) is 7.64. The summed E-state index contributed by atoms with van der Waals surface area (Å²) in [7, 11) is 3.38. The summed E-state index contributed by atoms with van der Waals surface area (Å²) in [5.74, 6) is 0.628. The Morgan fingerprint density at radius 1 is 1.29 bits per heavy atom. The van der Waals surface area contributed by atoms with Gasteiger partial charge in [0, 0.05) is 19.7 Å². The maximum absolute atomic E-state index is 11.9. The number of rotatable bonds is 5. The molecule has 0 aliphatic heterocycles. The number of hydrogen-bond donors (Lipinski definition) is 0. The van der Waals surface area contributed by atoms with E-state index in [1.54, 1.807) is 20.3 Å². The summed E-state index contributed by atoms with van der Waals surface area (Å²) >= 11 is 0. The van der Waals surface area contributed by atoms with E-state index in [1.807, 2.05) is 24.3 Å². The van der Waals surface area contributed by atoms with Gasteiger partial charge in [0.15, 0.2) is 0 Å². The van der Waals surface area contributed by atoms with Crippen LogP contribution in [0.4, 0.5) is 0 Å². The third kappa shape index (κ3) is 3.78. The van der Waals surface area contributed by atoms with Gasteiger partial charge >= 0.3 is 0 Å². The van der Waals surface area contributed by atoms with Crippen LogP contribution in [0.5, 0.6) is 5.75 Å². The van der Waals surface area contributed by atoms with Gasteiger partial charge in [-0.25, -0.2) is 4.98 Å². The average Bonchev–Trinajstić information content (AvgIpc) is 2.52. The molecular weight excluding hydrogens is 266 g/mol. The second-order valence-corrected chi connectivity index (χ2v) is 4.87. The Labute approximate surface area is 124 Å². The van der Waals surface area contributed by atoms with Gasteiger partial charge in [0.05, 0.1) is 24.7 Å². The second-order valence-electron chi connectivity index (χ2n) is 4.87. The minimum Gasteiger partial charge on any atom is -0.494 e. The highest BCUT2D eigenvalue weighted by molar-refractivity contribution is 5.92. The molecule has 0 saturated heterocycles. The topological polar surface area (TPSA) is 55.3 Å². The van der Waals surface area contributed by atoms with E-state index in [2.05, 4.69) is 16.9 Å². The lowest BCUT2D eigenvalue weighted by Crippen LogP contribution is -2.23. The zero-order valence-corrected chi connectivity index (χ0v) is 12.5. The van der Waals surface area contributed by atoms with Crippen molar-refractivity contribution >= 4 is 5.91 Å². The van der Waals surface area contributed by atoms with Crippen molar-refractivity contribution in [1.82, 2.24) is 14.9 Å². The maximum Gasteiger partial charge on any atom is 0.273 e. The van der Waals surface area contributed by atoms with Crippen LogP contribution in [-0.4, -0.2) is 41.5 Å². The average molecular weight is 285 g/mol. The molecule has 0 aliphatic rings. The minimum absolute atomic E-state index is 0.164. The highest BCUT2D eigenvalue weighted by atomic mass is 16.5. The van der Waals surface area contributed by atoms with Crippen LogP contribution < -0.4 is 4.74 Å². The van der Waals surface area contributed by atoms with E-state index in [0.717, 1.165) is 17.7 Å². The maximum atomic E-state index is 11.9. The van der Waals surface area contributed by atoms with Gasteiger partial charge in [-0.05, 0) is 18.6 Å². The predicted octanol–water partition coefficient (Wildman–Crippen LogP) is 2.63. The number of hydrogen-bond acceptors (Lipinski definition) is 4. The fourth-order valence-corrected chi connectivity index (χ4v) is 1.80. The molecule has 5 nitrogen and oxygen atoms in total. The Balaban J connectivity index is 2.29. The van der Waals surface area contributed by atoms with Gasteiger partial charge < -0.3 is 9.64 Å². The van der Waals surface area contributed by atoms with Gasteiger partial charge in [0.1, 0.15) is 11.4 Å². The third-order valence-electron chi connectivity index (χ3n) is 2.86. The number of amides is 1. The monoisotopic (exact) mass is 285 g/mol. The molecule has 0 spiro atoms. The molecular formula is C16H19N3O2. The number of carbonyl (C=O) groups is 1. The largest absolute Gasteiger partial charge is 0.494 e. The van der Waals surface area contributed by atoms with Crippen LogP contribution in [0.3, 0.4) is 0 Å². The first kappa shape index (κ1) is 15.0. The molecule has 1 heterocycles. The molecule has 0 unspecified atom stereocenters. The van der Waals surface area contributed by atoms with Crippen LogP contribution in [0, 0.1) is 0 Å². The molecule has 0 bridgehead atoms. The van der Waals surface area contributed by atoms with E-state index < -0.39 is 0 Å². The summed E-state index contributed by atoms with van der Waals surface area (Å²) in [6.45, 7) is 2.74. The van der Waals surface area contributed by atoms with Crippen LogP contribution in [0.1, 0.15) is 23.8 Å². The molecule has 1 aromatic heterocycles. The number of benzene rings is 1. The fourth-order valence-electron chi connectivity index (χ4n) is 1.80. The van der Waals surface area contributed by atoms with Crippen molar-refractivity contribution in [3.63, 3.8) is 0 Å². The zero-order chi connectivity index (χ0) is 15.2. The van der Waals surface area contributed by atoms with Crippen molar-refractivity contribution in [2.45, 2.75) is 13.3 Å². The Kier molecular flexibility index (Phi) is 4.87. The summed E-state index contributed by atoms with van der Waals surface area (Å²) < 4.78 is 5.61. The highest BCUT2D eigenvalue weighted by Crippen LogP contribution is 2.22. The number of aromatic nitrogens is 2. The Hall–Kier alpha value is -2.43. The Morgan fingerprint density at radius 2 is 2.10 bits per heavy atom. The van der Waals surface area contributed by atoms with E-state index in [1.165, 1.54) is 11.1 Å². The van der Waals surface area contributed by atoms with Crippen molar-refractivity contribution in [2.75, 3.05) is 20.7 Å². The lowest BCUT2D eigenvalue weighted by atomic mass is 10.1. The fraction of sp³-hybridized carbons (Fsp3) is 0.312. The lowest BCUT2D eigenvalue weighted by molar-refractivity contribution is 0.0821. The van der Waals surface area contributed by atoms with Gasteiger partial charge in [-0.3, -0.25) is 9.78 Å². The molecule has 0 fully saturated rings. The molecule has 0 N–H and O–H groups in total. The number of carbonyl (C=O) groups excluding carboxylic acids is 1. The Bertz CT molecular complexity index is 626. The molecule has 0 aliphatic carbocycles. The van der Waals surface area contributed by atoms with Gasteiger partial charge in [0.25, 0.3) is 5.91 Å². The second kappa shape index (κ2) is 6.83. The van der Waals surface area contributed by atoms with Crippen LogP contribution in [-0.2, 0) is 0 Å². The molecule has 2 aromatic rings. The normalized spacial score (nSPS) is 10.2. The molecule has 0 radical (unpaired) electrons. The molecule has 0 atom stereocenters. The summed E-state index contributed by atoms with van der Waals surface area (Å²) in [6.07, 6.45) is 4.07. The van der Waals surface area contributed by atoms with Crippen LogP contribution in [0.2, 0.25) is 0 Å². The molecule has 0 saturated carbocycles. The summed E-state index contributed by atoms with van der Waals surface area (Å²) in [4.78, 5) is 21.9. The first-order chi connectivity index (χ1) is 10.1. The van der Waals surface area contributed by atoms with E-state index >= 15 is 0 Å². The predicted molar refractivity (Wildman–Crippen MR) is 81.3 cm³/mol. The lowest BCUT2D eigenvalue weighted by Gasteiger charge is -2.10. The first-order valence-corrected chi connectivity index (χ1v) is 6.88. The molecule has 5 heteroatoms. The van der Waals surface area contributed by atoms with Crippen molar-refractivity contribution in [3.05, 3.63) is 42.4 Å². The molecule has 2 rings (SSSR count). The van der Waals surface area contributed by atoms with Gasteiger partial charge in [-0.15, -0.1) is 0 Å². The smallest absolute Gasteiger partial charge is 0.273 e. The van der Waals surface area contributed by atoms with Gasteiger partial charge in [-0.1, -0.05) is 19.1 Å². The zero-order valence-electron chi connectivity index (χ0n) is 12.5. The van der Waals surface area contributed by atoms with E-state index in [-0.39, 0.29) is 5.91 Å². The van der Waals surface area contributed by atoms with Crippen LogP contribution >= 0.6 is 0 Å². The molecule has 21 heavy (non-hydrogen) atoms. The first-order valence-electron chi connectivity index (χ1n) is 6.88. The summed E-state index contributed by atoms with van der Waals surface area (Å²) in [5, 5.41) is 0. The van der Waals surface area contributed by atoms with Crippen LogP contribution in [0.25, 0.3) is 11.3 Å². The van der Waals surface area contributed by atoms with E-state index in [4.69, 9.17) is 4.74 Å².